The van der Waals surface area contributed by atoms with Crippen LogP contribution >= 0.6 is 23.2 Å². The average molecular weight is 526 g/mol. The number of nitrogens with one attached hydrogen (secondary N) is 1. The molecule has 0 unspecified atom stereocenters. The number of halogens is 2. The van der Waals surface area contributed by atoms with Gasteiger partial charge in [-0.1, -0.05) is 48.3 Å². The molecule has 0 aliphatic carbocycles. The molecule has 0 bridgehead atoms. The summed E-state index contributed by atoms with van der Waals surface area (Å²) in [6, 6.07) is 9.97. The predicted octanol–water partition coefficient (Wildman–Crippen LogP) is 3.47. The molecule has 34 heavy (non-hydrogen) atoms. The number of rotatable bonds is 9. The third-order valence-corrected chi connectivity index (χ3v) is 8.07. The summed E-state index contributed by atoms with van der Waals surface area (Å²) in [6.45, 7) is 3.67. The molecule has 0 saturated heterocycles. The Labute approximate surface area is 208 Å². The highest BCUT2D eigenvalue weighted by atomic mass is 35.5. The molecule has 0 spiro atoms. The van der Waals surface area contributed by atoms with Crippen molar-refractivity contribution in [2.75, 3.05) is 13.1 Å². The molecule has 1 aliphatic rings. The van der Waals surface area contributed by atoms with Gasteiger partial charge in [0.05, 0.1) is 15.6 Å². The summed E-state index contributed by atoms with van der Waals surface area (Å²) in [7, 11) is -4.03. The van der Waals surface area contributed by atoms with Gasteiger partial charge in [-0.25, -0.2) is 12.7 Å². The third kappa shape index (κ3) is 5.37. The van der Waals surface area contributed by atoms with Gasteiger partial charge in [-0.3, -0.25) is 14.4 Å². The predicted molar refractivity (Wildman–Crippen MR) is 129 cm³/mol. The molecule has 2 aromatic carbocycles. The van der Waals surface area contributed by atoms with E-state index >= 15 is 0 Å². The summed E-state index contributed by atoms with van der Waals surface area (Å²) in [5, 5.41) is 3.43. The zero-order chi connectivity index (χ0) is 25.0. The third-order valence-electron chi connectivity index (χ3n) is 5.49. The molecular weight excluding hydrogens is 501 g/mol. The summed E-state index contributed by atoms with van der Waals surface area (Å²) in [5.41, 5.74) is 0.727. The number of hydrogen-bond donors (Lipinski definition) is 1. The first kappa shape index (κ1) is 26.0. The Hall–Kier alpha value is -2.62. The van der Waals surface area contributed by atoms with Gasteiger partial charge in [0.1, 0.15) is 10.9 Å². The molecule has 0 radical (unpaired) electrons. The molecule has 0 saturated carbocycles. The van der Waals surface area contributed by atoms with E-state index in [0.717, 1.165) is 6.42 Å². The Morgan fingerprint density at radius 2 is 1.82 bits per heavy atom. The summed E-state index contributed by atoms with van der Waals surface area (Å²) in [5.74, 6) is -1.50. The van der Waals surface area contributed by atoms with E-state index in [1.807, 2.05) is 6.92 Å². The van der Waals surface area contributed by atoms with E-state index in [1.54, 1.807) is 31.2 Å². The topological polar surface area (TPSA) is 104 Å². The minimum atomic E-state index is -4.03. The minimum absolute atomic E-state index is 0.0529. The maximum atomic E-state index is 13.2. The number of benzene rings is 2. The maximum absolute atomic E-state index is 13.2. The molecular formula is C23H25Cl2N3O5S. The molecule has 2 aromatic rings. The van der Waals surface area contributed by atoms with Crippen LogP contribution in [-0.4, -0.2) is 54.5 Å². The van der Waals surface area contributed by atoms with E-state index in [2.05, 4.69) is 5.32 Å². The number of nitrogens with zero attached hydrogens (tertiary/aromatic N) is 2. The van der Waals surface area contributed by atoms with E-state index in [4.69, 9.17) is 23.2 Å². The van der Waals surface area contributed by atoms with Crippen molar-refractivity contribution in [2.45, 2.75) is 44.2 Å². The minimum Gasteiger partial charge on any atom is -0.354 e. The number of amides is 3. The average Bonchev–Trinajstić information content (AvgIpc) is 3.01. The second kappa shape index (κ2) is 10.8. The lowest BCUT2D eigenvalue weighted by Gasteiger charge is -2.29. The van der Waals surface area contributed by atoms with E-state index in [1.165, 1.54) is 23.1 Å². The van der Waals surface area contributed by atoms with Crippen LogP contribution in [0.1, 0.15) is 42.6 Å². The number of hydrogen-bond acceptors (Lipinski definition) is 5. The number of fused-ring (bicyclic) bond motifs is 1. The van der Waals surface area contributed by atoms with Gasteiger partial charge < -0.3 is 10.2 Å². The molecule has 1 aliphatic heterocycles. The molecule has 1 heterocycles. The fourth-order valence-electron chi connectivity index (χ4n) is 3.61. The highest BCUT2D eigenvalue weighted by Crippen LogP contribution is 2.30. The quantitative estimate of drug-likeness (QED) is 0.539. The Kier molecular flexibility index (Phi) is 8.22. The van der Waals surface area contributed by atoms with Gasteiger partial charge in [0, 0.05) is 26.1 Å². The van der Waals surface area contributed by atoms with Crippen LogP contribution in [0.25, 0.3) is 0 Å². The van der Waals surface area contributed by atoms with E-state index < -0.39 is 27.9 Å². The van der Waals surface area contributed by atoms with Crippen molar-refractivity contribution in [3.8, 4) is 0 Å². The lowest BCUT2D eigenvalue weighted by atomic mass is 10.1. The van der Waals surface area contributed by atoms with E-state index in [0.29, 0.717) is 26.5 Å². The molecule has 0 fully saturated rings. The van der Waals surface area contributed by atoms with Gasteiger partial charge in [-0.2, -0.15) is 0 Å². The normalized spacial score (nSPS) is 15.1. The van der Waals surface area contributed by atoms with Crippen LogP contribution in [0.4, 0.5) is 0 Å². The summed E-state index contributed by atoms with van der Waals surface area (Å²) >= 11 is 12.1. The van der Waals surface area contributed by atoms with Crippen LogP contribution in [0.3, 0.4) is 0 Å². The molecule has 1 atom stereocenters. The first-order valence-corrected chi connectivity index (χ1v) is 12.9. The Bertz CT molecular complexity index is 1220. The van der Waals surface area contributed by atoms with Crippen molar-refractivity contribution in [2.24, 2.45) is 0 Å². The van der Waals surface area contributed by atoms with Crippen LogP contribution in [-0.2, 0) is 26.2 Å². The van der Waals surface area contributed by atoms with Crippen molar-refractivity contribution < 1.29 is 22.8 Å². The second-order valence-corrected chi connectivity index (χ2v) is 10.5. The summed E-state index contributed by atoms with van der Waals surface area (Å²) < 4.78 is 26.3. The monoisotopic (exact) mass is 525 g/mol. The van der Waals surface area contributed by atoms with Gasteiger partial charge in [0.15, 0.2) is 0 Å². The van der Waals surface area contributed by atoms with E-state index in [-0.39, 0.29) is 35.9 Å². The Morgan fingerprint density at radius 1 is 1.12 bits per heavy atom. The van der Waals surface area contributed by atoms with Crippen LogP contribution < -0.4 is 5.32 Å². The highest BCUT2D eigenvalue weighted by molar-refractivity contribution is 7.90. The van der Waals surface area contributed by atoms with Gasteiger partial charge in [0.2, 0.25) is 11.8 Å². The standard InChI is InChI=1S/C23H25Cl2N3O5S/c1-3-11-26-22(30)15(2)27(14-16-8-9-18(24)19(25)13-16)21(29)10-12-28-23(31)17-6-4-5-7-20(17)34(28,32)33/h4-9,13,15H,3,10-12,14H2,1-2H3,(H,26,30)/t15-/m1/s1. The molecule has 0 aromatic heterocycles. The second-order valence-electron chi connectivity index (χ2n) is 7.87. The number of carbonyl (C=O) groups is 3. The summed E-state index contributed by atoms with van der Waals surface area (Å²) in [4.78, 5) is 39.7. The van der Waals surface area contributed by atoms with Gasteiger partial charge in [0.25, 0.3) is 15.9 Å². The first-order chi connectivity index (χ1) is 16.1. The molecule has 8 nitrogen and oxygen atoms in total. The SMILES string of the molecule is CCCNC(=O)[C@@H](C)N(Cc1ccc(Cl)c(Cl)c1)C(=O)CCN1C(=O)c2ccccc2S1(=O)=O. The van der Waals surface area contributed by atoms with Gasteiger partial charge in [-0.15, -0.1) is 0 Å². The van der Waals surface area contributed by atoms with Crippen molar-refractivity contribution in [1.29, 1.82) is 0 Å². The summed E-state index contributed by atoms with van der Waals surface area (Å²) in [6.07, 6.45) is 0.445. The smallest absolute Gasteiger partial charge is 0.269 e. The molecule has 1 N–H and O–H groups in total. The van der Waals surface area contributed by atoms with Crippen molar-refractivity contribution in [3.05, 3.63) is 63.6 Å². The molecule has 3 amide bonds. The molecule has 182 valence electrons. The van der Waals surface area contributed by atoms with Crippen LogP contribution in [0.15, 0.2) is 47.4 Å². The van der Waals surface area contributed by atoms with Crippen molar-refractivity contribution in [3.63, 3.8) is 0 Å². The first-order valence-electron chi connectivity index (χ1n) is 10.7. The Balaban J connectivity index is 1.80. The fraction of sp³-hybridized carbons (Fsp3) is 0.348. The van der Waals surface area contributed by atoms with Crippen molar-refractivity contribution in [1.82, 2.24) is 14.5 Å². The number of carbonyl (C=O) groups excluding carboxylic acids is 3. The maximum Gasteiger partial charge on any atom is 0.269 e. The van der Waals surface area contributed by atoms with Crippen molar-refractivity contribution >= 4 is 50.9 Å². The van der Waals surface area contributed by atoms with Crippen LogP contribution in [0.5, 0.6) is 0 Å². The van der Waals surface area contributed by atoms with Gasteiger partial charge in [-0.05, 0) is 43.2 Å². The highest BCUT2D eigenvalue weighted by Gasteiger charge is 2.41. The zero-order valence-corrected chi connectivity index (χ0v) is 21.1. The van der Waals surface area contributed by atoms with Crippen LogP contribution in [0.2, 0.25) is 10.0 Å². The lowest BCUT2D eigenvalue weighted by Crippen LogP contribution is -2.48. The molecule has 3 rings (SSSR count). The lowest BCUT2D eigenvalue weighted by molar-refractivity contribution is -0.140. The largest absolute Gasteiger partial charge is 0.354 e. The zero-order valence-electron chi connectivity index (χ0n) is 18.8. The van der Waals surface area contributed by atoms with E-state index in [9.17, 15) is 22.8 Å². The Morgan fingerprint density at radius 3 is 2.47 bits per heavy atom. The van der Waals surface area contributed by atoms with Gasteiger partial charge >= 0.3 is 0 Å². The fourth-order valence-corrected chi connectivity index (χ4v) is 5.50. The molecule has 11 heteroatoms. The van der Waals surface area contributed by atoms with Crippen LogP contribution in [0, 0.1) is 0 Å². The number of sulfonamides is 1.